The second-order valence-electron chi connectivity index (χ2n) is 4.37. The number of pyridine rings is 1. The van der Waals surface area contributed by atoms with Crippen molar-refractivity contribution >= 4 is 5.78 Å². The Kier molecular flexibility index (Phi) is 2.91. The molecule has 4 nitrogen and oxygen atoms in total. The molecule has 0 amide bonds. The van der Waals surface area contributed by atoms with E-state index in [1.807, 2.05) is 6.92 Å². The van der Waals surface area contributed by atoms with Gasteiger partial charge in [-0.05, 0) is 37.3 Å². The Morgan fingerprint density at radius 2 is 1.79 bits per heavy atom. The van der Waals surface area contributed by atoms with Gasteiger partial charge in [-0.2, -0.15) is 0 Å². The fourth-order valence-corrected chi connectivity index (χ4v) is 2.04. The van der Waals surface area contributed by atoms with Gasteiger partial charge in [-0.15, -0.1) is 0 Å². The molecular weight excluding hydrogens is 242 g/mol. The summed E-state index contributed by atoms with van der Waals surface area (Å²) in [6.07, 6.45) is 1.64. The number of carbonyl (C=O) groups excluding carboxylic acids is 1. The summed E-state index contributed by atoms with van der Waals surface area (Å²) in [5.74, 6) is 1.28. The zero-order valence-corrected chi connectivity index (χ0v) is 10.6. The molecule has 0 atom stereocenters. The maximum atomic E-state index is 12.4. The van der Waals surface area contributed by atoms with Gasteiger partial charge in [-0.25, -0.2) is 0 Å². The van der Waals surface area contributed by atoms with E-state index in [1.54, 1.807) is 36.5 Å². The number of benzene rings is 1. The predicted molar refractivity (Wildman–Crippen MR) is 69.8 cm³/mol. The average molecular weight is 255 g/mol. The van der Waals surface area contributed by atoms with Crippen molar-refractivity contribution in [3.05, 3.63) is 53.3 Å². The number of hydrogen-bond donors (Lipinski definition) is 0. The van der Waals surface area contributed by atoms with E-state index in [2.05, 4.69) is 4.98 Å². The molecule has 2 heterocycles. The summed E-state index contributed by atoms with van der Waals surface area (Å²) in [6, 6.07) is 8.75. The van der Waals surface area contributed by atoms with Crippen molar-refractivity contribution in [2.24, 2.45) is 0 Å². The van der Waals surface area contributed by atoms with Crippen LogP contribution >= 0.6 is 0 Å². The second kappa shape index (κ2) is 4.72. The highest BCUT2D eigenvalue weighted by Gasteiger charge is 2.16. The van der Waals surface area contributed by atoms with Gasteiger partial charge in [0.05, 0.1) is 0 Å². The third kappa shape index (κ3) is 2.29. The number of fused-ring (bicyclic) bond motifs is 1. The molecule has 0 bridgehead atoms. The van der Waals surface area contributed by atoms with Crippen molar-refractivity contribution in [3.8, 4) is 11.5 Å². The number of aromatic nitrogens is 1. The van der Waals surface area contributed by atoms with Crippen molar-refractivity contribution < 1.29 is 14.3 Å². The monoisotopic (exact) mass is 255 g/mol. The summed E-state index contributed by atoms with van der Waals surface area (Å²) >= 11 is 0. The van der Waals surface area contributed by atoms with E-state index in [-0.39, 0.29) is 5.78 Å². The van der Waals surface area contributed by atoms with Crippen LogP contribution in [0.4, 0.5) is 0 Å². The molecule has 0 saturated heterocycles. The smallest absolute Gasteiger partial charge is 0.193 e. The third-order valence-corrected chi connectivity index (χ3v) is 2.96. The average Bonchev–Trinajstić information content (AvgIpc) is 2.46. The van der Waals surface area contributed by atoms with Crippen LogP contribution in [-0.4, -0.2) is 24.0 Å². The lowest BCUT2D eigenvalue weighted by Crippen LogP contribution is -2.15. The first kappa shape index (κ1) is 11.7. The fraction of sp³-hybridized carbons (Fsp3) is 0.200. The standard InChI is InChI=1S/C15H13NO3/c1-10-8-12(4-5-16-10)15(17)11-2-3-13-14(9-11)19-7-6-18-13/h2-5,8-9H,6-7H2,1H3. The number of rotatable bonds is 2. The van der Waals surface area contributed by atoms with Crippen LogP contribution in [0.5, 0.6) is 11.5 Å². The van der Waals surface area contributed by atoms with E-state index < -0.39 is 0 Å². The minimum absolute atomic E-state index is 0.0394. The maximum Gasteiger partial charge on any atom is 0.193 e. The van der Waals surface area contributed by atoms with E-state index in [1.165, 1.54) is 0 Å². The van der Waals surface area contributed by atoms with Crippen molar-refractivity contribution in [2.75, 3.05) is 13.2 Å². The molecule has 2 aromatic rings. The zero-order chi connectivity index (χ0) is 13.2. The molecule has 0 unspecified atom stereocenters. The number of nitrogens with zero attached hydrogens (tertiary/aromatic N) is 1. The summed E-state index contributed by atoms with van der Waals surface area (Å²) < 4.78 is 10.9. The first-order valence-electron chi connectivity index (χ1n) is 6.11. The fourth-order valence-electron chi connectivity index (χ4n) is 2.04. The van der Waals surface area contributed by atoms with Crippen LogP contribution in [0, 0.1) is 6.92 Å². The molecule has 1 aromatic heterocycles. The van der Waals surface area contributed by atoms with Crippen LogP contribution in [0.1, 0.15) is 21.6 Å². The van der Waals surface area contributed by atoms with E-state index >= 15 is 0 Å². The quantitative estimate of drug-likeness (QED) is 0.773. The van der Waals surface area contributed by atoms with Gasteiger partial charge in [0.1, 0.15) is 13.2 Å². The van der Waals surface area contributed by atoms with E-state index in [0.29, 0.717) is 35.8 Å². The Bertz CT molecular complexity index is 637. The van der Waals surface area contributed by atoms with Crippen molar-refractivity contribution in [2.45, 2.75) is 6.92 Å². The highest BCUT2D eigenvalue weighted by Crippen LogP contribution is 2.31. The molecule has 0 saturated carbocycles. The van der Waals surface area contributed by atoms with Crippen molar-refractivity contribution in [3.63, 3.8) is 0 Å². The Morgan fingerprint density at radius 1 is 1.05 bits per heavy atom. The van der Waals surface area contributed by atoms with Crippen LogP contribution in [0.15, 0.2) is 36.5 Å². The molecule has 1 aliphatic rings. The Labute approximate surface area is 111 Å². The summed E-state index contributed by atoms with van der Waals surface area (Å²) in [6.45, 7) is 2.92. The van der Waals surface area contributed by atoms with Gasteiger partial charge in [0, 0.05) is 23.0 Å². The number of carbonyl (C=O) groups is 1. The summed E-state index contributed by atoms with van der Waals surface area (Å²) in [5, 5.41) is 0. The molecule has 4 heteroatoms. The molecule has 19 heavy (non-hydrogen) atoms. The molecule has 1 aromatic carbocycles. The summed E-state index contributed by atoms with van der Waals surface area (Å²) in [7, 11) is 0. The molecule has 0 fully saturated rings. The number of hydrogen-bond acceptors (Lipinski definition) is 4. The van der Waals surface area contributed by atoms with E-state index in [9.17, 15) is 4.79 Å². The van der Waals surface area contributed by atoms with E-state index in [4.69, 9.17) is 9.47 Å². The third-order valence-electron chi connectivity index (χ3n) is 2.96. The topological polar surface area (TPSA) is 48.4 Å². The lowest BCUT2D eigenvalue weighted by atomic mass is 10.0. The molecule has 0 N–H and O–H groups in total. The van der Waals surface area contributed by atoms with Gasteiger partial charge < -0.3 is 9.47 Å². The predicted octanol–water partition coefficient (Wildman–Crippen LogP) is 2.39. The van der Waals surface area contributed by atoms with E-state index in [0.717, 1.165) is 5.69 Å². The number of aryl methyl sites for hydroxylation is 1. The second-order valence-corrected chi connectivity index (χ2v) is 4.37. The SMILES string of the molecule is Cc1cc(C(=O)c2ccc3c(c2)OCCO3)ccn1. The zero-order valence-electron chi connectivity index (χ0n) is 10.6. The van der Waals surface area contributed by atoms with Crippen LogP contribution in [0.3, 0.4) is 0 Å². The summed E-state index contributed by atoms with van der Waals surface area (Å²) in [4.78, 5) is 16.4. The highest BCUT2D eigenvalue weighted by molar-refractivity contribution is 6.09. The molecule has 3 rings (SSSR count). The van der Waals surface area contributed by atoms with Crippen molar-refractivity contribution in [1.29, 1.82) is 0 Å². The van der Waals surface area contributed by atoms with Crippen LogP contribution in [-0.2, 0) is 0 Å². The van der Waals surface area contributed by atoms with Crippen LogP contribution < -0.4 is 9.47 Å². The van der Waals surface area contributed by atoms with Gasteiger partial charge >= 0.3 is 0 Å². The van der Waals surface area contributed by atoms with Gasteiger partial charge in [0.2, 0.25) is 0 Å². The van der Waals surface area contributed by atoms with Crippen LogP contribution in [0.25, 0.3) is 0 Å². The minimum Gasteiger partial charge on any atom is -0.486 e. The number of ketones is 1. The first-order valence-corrected chi connectivity index (χ1v) is 6.11. The molecule has 0 spiro atoms. The normalized spacial score (nSPS) is 13.1. The lowest BCUT2D eigenvalue weighted by molar-refractivity contribution is 0.103. The van der Waals surface area contributed by atoms with Gasteiger partial charge in [0.15, 0.2) is 17.3 Å². The van der Waals surface area contributed by atoms with Gasteiger partial charge in [0.25, 0.3) is 0 Å². The molecule has 0 aliphatic carbocycles. The van der Waals surface area contributed by atoms with Crippen molar-refractivity contribution in [1.82, 2.24) is 4.98 Å². The Balaban J connectivity index is 1.96. The largest absolute Gasteiger partial charge is 0.486 e. The van der Waals surface area contributed by atoms with Gasteiger partial charge in [-0.1, -0.05) is 0 Å². The highest BCUT2D eigenvalue weighted by atomic mass is 16.6. The first-order chi connectivity index (χ1) is 9.24. The Morgan fingerprint density at radius 3 is 2.58 bits per heavy atom. The summed E-state index contributed by atoms with van der Waals surface area (Å²) in [5.41, 5.74) is 2.04. The van der Waals surface area contributed by atoms with Gasteiger partial charge in [-0.3, -0.25) is 9.78 Å². The van der Waals surface area contributed by atoms with Crippen LogP contribution in [0.2, 0.25) is 0 Å². The number of ether oxygens (including phenoxy) is 2. The minimum atomic E-state index is -0.0394. The molecule has 96 valence electrons. The maximum absolute atomic E-state index is 12.4. The Hall–Kier alpha value is -2.36. The molecule has 0 radical (unpaired) electrons. The lowest BCUT2D eigenvalue weighted by Gasteiger charge is -2.18. The molecular formula is C15H13NO3. The molecule has 1 aliphatic heterocycles.